The third-order valence-electron chi connectivity index (χ3n) is 5.21. The van der Waals surface area contributed by atoms with E-state index in [2.05, 4.69) is 20.3 Å². The van der Waals surface area contributed by atoms with E-state index < -0.39 is 30.3 Å². The molecule has 5 rings (SSSR count). The van der Waals surface area contributed by atoms with E-state index in [0.717, 1.165) is 0 Å². The average Bonchev–Trinajstić information content (AvgIpc) is 3.39. The van der Waals surface area contributed by atoms with Crippen LogP contribution < -0.4 is 5.32 Å². The first-order valence-corrected chi connectivity index (χ1v) is 9.63. The molecule has 10 nitrogen and oxygen atoms in total. The minimum absolute atomic E-state index is 0.197. The van der Waals surface area contributed by atoms with Crippen molar-refractivity contribution in [1.29, 1.82) is 0 Å². The lowest BCUT2D eigenvalue weighted by atomic mass is 10.1. The summed E-state index contributed by atoms with van der Waals surface area (Å²) >= 11 is 0. The Labute approximate surface area is 171 Å². The van der Waals surface area contributed by atoms with E-state index in [1.807, 2.05) is 19.9 Å². The maximum atomic E-state index is 12.5. The molecule has 1 aromatic carbocycles. The molecule has 0 aliphatic carbocycles. The largest absolute Gasteiger partial charge is 0.394 e. The van der Waals surface area contributed by atoms with Gasteiger partial charge in [0.05, 0.1) is 12.9 Å². The summed E-state index contributed by atoms with van der Waals surface area (Å²) in [4.78, 5) is 25.4. The zero-order valence-corrected chi connectivity index (χ0v) is 16.4. The van der Waals surface area contributed by atoms with Gasteiger partial charge >= 0.3 is 0 Å². The number of ether oxygens (including phenoxy) is 3. The molecule has 30 heavy (non-hydrogen) atoms. The van der Waals surface area contributed by atoms with Crippen molar-refractivity contribution in [2.45, 2.75) is 44.2 Å². The molecule has 0 spiro atoms. The van der Waals surface area contributed by atoms with E-state index in [1.165, 1.54) is 6.33 Å². The van der Waals surface area contributed by atoms with Gasteiger partial charge in [-0.3, -0.25) is 9.36 Å². The molecule has 2 aromatic heterocycles. The number of aliphatic hydroxyl groups is 1. The molecule has 2 fully saturated rings. The SMILES string of the molecule is CC1(C)O[C@H]2[C@H](O1)[C@@H](n1cnc3c(NC(=O)c4ccccc4)ncnc31)O[C@H]2CO. The van der Waals surface area contributed by atoms with Crippen LogP contribution in [0.5, 0.6) is 0 Å². The van der Waals surface area contributed by atoms with Gasteiger partial charge in [0.1, 0.15) is 24.6 Å². The Hall–Kier alpha value is -2.92. The maximum Gasteiger partial charge on any atom is 0.256 e. The minimum Gasteiger partial charge on any atom is -0.394 e. The van der Waals surface area contributed by atoms with E-state index in [9.17, 15) is 9.90 Å². The summed E-state index contributed by atoms with van der Waals surface area (Å²) in [5.41, 5.74) is 1.41. The molecule has 4 heterocycles. The summed E-state index contributed by atoms with van der Waals surface area (Å²) in [5, 5.41) is 12.5. The van der Waals surface area contributed by atoms with Crippen molar-refractivity contribution in [3.63, 3.8) is 0 Å². The Morgan fingerprint density at radius 1 is 1.17 bits per heavy atom. The third kappa shape index (κ3) is 3.14. The zero-order chi connectivity index (χ0) is 20.9. The van der Waals surface area contributed by atoms with Gasteiger partial charge < -0.3 is 24.6 Å². The number of benzene rings is 1. The predicted octanol–water partition coefficient (Wildman–Crippen LogP) is 1.49. The van der Waals surface area contributed by atoms with E-state index in [4.69, 9.17) is 14.2 Å². The molecule has 2 aliphatic heterocycles. The Morgan fingerprint density at radius 3 is 2.70 bits per heavy atom. The van der Waals surface area contributed by atoms with Gasteiger partial charge in [-0.15, -0.1) is 0 Å². The van der Waals surface area contributed by atoms with Crippen molar-refractivity contribution in [3.05, 3.63) is 48.5 Å². The molecular formula is C20H21N5O5. The molecule has 4 atom stereocenters. The van der Waals surface area contributed by atoms with Crippen LogP contribution in [0.25, 0.3) is 11.2 Å². The average molecular weight is 411 g/mol. The second-order valence-electron chi connectivity index (χ2n) is 7.68. The third-order valence-corrected chi connectivity index (χ3v) is 5.21. The van der Waals surface area contributed by atoms with Crippen LogP contribution in [0.15, 0.2) is 43.0 Å². The van der Waals surface area contributed by atoms with E-state index >= 15 is 0 Å². The molecule has 0 saturated carbocycles. The molecule has 2 saturated heterocycles. The molecule has 0 unspecified atom stereocenters. The molecule has 0 bridgehead atoms. The zero-order valence-electron chi connectivity index (χ0n) is 16.4. The summed E-state index contributed by atoms with van der Waals surface area (Å²) in [7, 11) is 0. The Morgan fingerprint density at radius 2 is 1.93 bits per heavy atom. The number of imidazole rings is 1. The van der Waals surface area contributed by atoms with Gasteiger partial charge in [-0.25, -0.2) is 15.0 Å². The lowest BCUT2D eigenvalue weighted by molar-refractivity contribution is -0.199. The van der Waals surface area contributed by atoms with Gasteiger partial charge in [-0.2, -0.15) is 0 Å². The first-order chi connectivity index (χ1) is 14.5. The molecular weight excluding hydrogens is 390 g/mol. The van der Waals surface area contributed by atoms with Crippen LogP contribution in [0.4, 0.5) is 5.82 Å². The Balaban J connectivity index is 1.47. The number of carbonyl (C=O) groups excluding carboxylic acids is 1. The predicted molar refractivity (Wildman–Crippen MR) is 105 cm³/mol. The number of hydrogen-bond donors (Lipinski definition) is 2. The van der Waals surface area contributed by atoms with Crippen LogP contribution in [-0.4, -0.2) is 61.2 Å². The number of aromatic nitrogens is 4. The van der Waals surface area contributed by atoms with Gasteiger partial charge in [-0.1, -0.05) is 18.2 Å². The smallest absolute Gasteiger partial charge is 0.256 e. The van der Waals surface area contributed by atoms with Crippen LogP contribution in [0, 0.1) is 0 Å². The summed E-state index contributed by atoms with van der Waals surface area (Å²) < 4.78 is 19.6. The fourth-order valence-corrected chi connectivity index (χ4v) is 3.93. The molecule has 156 valence electrons. The fraction of sp³-hybridized carbons (Fsp3) is 0.400. The first kappa shape index (κ1) is 19.1. The highest BCUT2D eigenvalue weighted by molar-refractivity contribution is 6.06. The van der Waals surface area contributed by atoms with Gasteiger partial charge in [0.15, 0.2) is 29.0 Å². The van der Waals surface area contributed by atoms with Gasteiger partial charge in [0.25, 0.3) is 5.91 Å². The van der Waals surface area contributed by atoms with E-state index in [-0.39, 0.29) is 12.5 Å². The van der Waals surface area contributed by atoms with Crippen LogP contribution in [0.1, 0.15) is 30.4 Å². The number of anilines is 1. The van der Waals surface area contributed by atoms with E-state index in [1.54, 1.807) is 35.2 Å². The van der Waals surface area contributed by atoms with Crippen LogP contribution in [0.2, 0.25) is 0 Å². The standard InChI is InChI=1S/C20H21N5O5/c1-20(2)29-14-12(8-26)28-19(15(14)30-20)25-10-23-13-16(21-9-22-17(13)25)24-18(27)11-6-4-3-5-7-11/h3-7,9-10,12,14-15,19,26H,8H2,1-2H3,(H,21,22,24,27)/t12-,14+,15-,19-/m0/s1. The van der Waals surface area contributed by atoms with Crippen LogP contribution in [0.3, 0.4) is 0 Å². The molecule has 0 radical (unpaired) electrons. The lowest BCUT2D eigenvalue weighted by Crippen LogP contribution is -2.31. The number of hydrogen-bond acceptors (Lipinski definition) is 8. The topological polar surface area (TPSA) is 121 Å². The second kappa shape index (κ2) is 7.10. The fourth-order valence-electron chi connectivity index (χ4n) is 3.93. The molecule has 2 N–H and O–H groups in total. The quantitative estimate of drug-likeness (QED) is 0.662. The highest BCUT2D eigenvalue weighted by atomic mass is 16.8. The molecule has 1 amide bonds. The summed E-state index contributed by atoms with van der Waals surface area (Å²) in [6.45, 7) is 3.45. The number of fused-ring (bicyclic) bond motifs is 2. The van der Waals surface area contributed by atoms with Gasteiger partial charge in [0.2, 0.25) is 0 Å². The number of nitrogens with zero attached hydrogens (tertiary/aromatic N) is 4. The van der Waals surface area contributed by atoms with Crippen molar-refractivity contribution in [2.24, 2.45) is 0 Å². The van der Waals surface area contributed by atoms with Crippen molar-refractivity contribution in [1.82, 2.24) is 19.5 Å². The lowest BCUT2D eigenvalue weighted by Gasteiger charge is -2.24. The first-order valence-electron chi connectivity index (χ1n) is 9.63. The van der Waals surface area contributed by atoms with E-state index in [0.29, 0.717) is 22.5 Å². The second-order valence-corrected chi connectivity index (χ2v) is 7.68. The number of nitrogens with one attached hydrogen (secondary N) is 1. The summed E-state index contributed by atoms with van der Waals surface area (Å²) in [6.07, 6.45) is 0.948. The summed E-state index contributed by atoms with van der Waals surface area (Å²) in [5.74, 6) is -0.785. The minimum atomic E-state index is -0.787. The highest BCUT2D eigenvalue weighted by Crippen LogP contribution is 2.43. The summed E-state index contributed by atoms with van der Waals surface area (Å²) in [6, 6.07) is 8.84. The number of rotatable bonds is 4. The molecule has 3 aromatic rings. The molecule has 10 heteroatoms. The Kier molecular flexibility index (Phi) is 4.51. The van der Waals surface area contributed by atoms with Gasteiger partial charge in [-0.05, 0) is 26.0 Å². The van der Waals surface area contributed by atoms with Crippen molar-refractivity contribution < 1.29 is 24.1 Å². The van der Waals surface area contributed by atoms with Crippen LogP contribution >= 0.6 is 0 Å². The van der Waals surface area contributed by atoms with Crippen molar-refractivity contribution in [3.8, 4) is 0 Å². The van der Waals surface area contributed by atoms with Gasteiger partial charge in [0, 0.05) is 5.56 Å². The monoisotopic (exact) mass is 411 g/mol. The highest BCUT2D eigenvalue weighted by Gasteiger charge is 2.56. The van der Waals surface area contributed by atoms with Crippen LogP contribution in [-0.2, 0) is 14.2 Å². The Bertz CT molecular complexity index is 1090. The number of carbonyl (C=O) groups is 1. The normalized spacial score (nSPS) is 27.3. The van der Waals surface area contributed by atoms with Crippen molar-refractivity contribution >= 4 is 22.9 Å². The molecule has 2 aliphatic rings. The van der Waals surface area contributed by atoms with Crippen molar-refractivity contribution in [2.75, 3.05) is 11.9 Å². The number of amides is 1. The number of aliphatic hydroxyl groups excluding tert-OH is 1. The maximum absolute atomic E-state index is 12.5.